The summed E-state index contributed by atoms with van der Waals surface area (Å²) in [5.41, 5.74) is 2.51. The number of benzene rings is 2. The highest BCUT2D eigenvalue weighted by Crippen LogP contribution is 2.25. The number of nitriles is 1. The summed E-state index contributed by atoms with van der Waals surface area (Å²) in [5.74, 6) is -0.192. The van der Waals surface area contributed by atoms with Crippen LogP contribution in [0.5, 0.6) is 0 Å². The highest BCUT2D eigenvalue weighted by Gasteiger charge is 2.10. The van der Waals surface area contributed by atoms with E-state index in [1.54, 1.807) is 0 Å². The van der Waals surface area contributed by atoms with Gasteiger partial charge in [0, 0.05) is 21.7 Å². The molecule has 0 fully saturated rings. The Morgan fingerprint density at radius 2 is 1.92 bits per heavy atom. The monoisotopic (exact) mass is 380 g/mol. The van der Waals surface area contributed by atoms with E-state index in [4.69, 9.17) is 0 Å². The van der Waals surface area contributed by atoms with E-state index in [2.05, 4.69) is 37.6 Å². The molecular formula is C18H13BrN4O. The molecule has 0 atom stereocenters. The molecule has 0 saturated heterocycles. The van der Waals surface area contributed by atoms with Crippen molar-refractivity contribution in [1.29, 1.82) is 5.26 Å². The number of rotatable bonds is 4. The zero-order chi connectivity index (χ0) is 16.9. The van der Waals surface area contributed by atoms with Gasteiger partial charge in [-0.3, -0.25) is 9.78 Å². The van der Waals surface area contributed by atoms with E-state index in [0.717, 1.165) is 15.4 Å². The van der Waals surface area contributed by atoms with Crippen molar-refractivity contribution in [2.75, 3.05) is 17.2 Å². The summed E-state index contributed by atoms with van der Waals surface area (Å²) >= 11 is 3.35. The molecule has 0 aliphatic heterocycles. The van der Waals surface area contributed by atoms with Gasteiger partial charge in [-0.1, -0.05) is 34.1 Å². The Bertz CT molecular complexity index is 932. The van der Waals surface area contributed by atoms with Gasteiger partial charge in [0.1, 0.15) is 6.07 Å². The van der Waals surface area contributed by atoms with Gasteiger partial charge in [-0.2, -0.15) is 5.26 Å². The van der Waals surface area contributed by atoms with E-state index in [-0.39, 0.29) is 12.5 Å². The zero-order valence-electron chi connectivity index (χ0n) is 12.6. The van der Waals surface area contributed by atoms with Crippen LogP contribution in [0, 0.1) is 11.3 Å². The summed E-state index contributed by atoms with van der Waals surface area (Å²) in [6, 6.07) is 16.9. The van der Waals surface area contributed by atoms with Gasteiger partial charge in [-0.15, -0.1) is 0 Å². The third kappa shape index (κ3) is 3.53. The van der Waals surface area contributed by atoms with Crippen molar-refractivity contribution in [3.05, 3.63) is 64.8 Å². The first kappa shape index (κ1) is 16.0. The molecule has 118 valence electrons. The molecule has 6 heteroatoms. The highest BCUT2D eigenvalue weighted by molar-refractivity contribution is 9.10. The molecule has 1 amide bonds. The van der Waals surface area contributed by atoms with Crippen molar-refractivity contribution in [3.63, 3.8) is 0 Å². The minimum Gasteiger partial charge on any atom is -0.374 e. The first-order valence-corrected chi connectivity index (χ1v) is 8.04. The number of hydrogen-bond donors (Lipinski definition) is 2. The molecule has 0 aliphatic carbocycles. The predicted octanol–water partition coefficient (Wildman–Crippen LogP) is 3.92. The fourth-order valence-electron chi connectivity index (χ4n) is 2.32. The average molecular weight is 381 g/mol. The summed E-state index contributed by atoms with van der Waals surface area (Å²) in [6.07, 6.45) is 1.51. The number of nitrogens with one attached hydrogen (secondary N) is 2. The molecule has 2 N–H and O–H groups in total. The van der Waals surface area contributed by atoms with Crippen molar-refractivity contribution in [3.8, 4) is 6.07 Å². The normalized spacial score (nSPS) is 10.2. The summed E-state index contributed by atoms with van der Waals surface area (Å²) in [7, 11) is 0. The standard InChI is InChI=1S/C18H13BrN4O/c19-13-5-7-14(8-6-13)23-17(24)11-22-18-12(9-20)10-21-16-4-2-1-3-15(16)18/h1-8,10H,11H2,(H,21,22)(H,23,24). The summed E-state index contributed by atoms with van der Waals surface area (Å²) in [4.78, 5) is 16.4. The third-order valence-corrected chi connectivity index (χ3v) is 3.98. The van der Waals surface area contributed by atoms with Crippen LogP contribution in [0.25, 0.3) is 10.9 Å². The number of anilines is 2. The molecule has 0 aliphatic rings. The molecule has 5 nitrogen and oxygen atoms in total. The first-order valence-electron chi connectivity index (χ1n) is 7.24. The SMILES string of the molecule is N#Cc1cnc2ccccc2c1NCC(=O)Nc1ccc(Br)cc1. The average Bonchev–Trinajstić information content (AvgIpc) is 2.61. The predicted molar refractivity (Wildman–Crippen MR) is 97.7 cm³/mol. The number of para-hydroxylation sites is 1. The minimum absolute atomic E-state index is 0.0543. The van der Waals surface area contributed by atoms with Crippen LogP contribution in [0.15, 0.2) is 59.2 Å². The van der Waals surface area contributed by atoms with Gasteiger partial charge in [0.15, 0.2) is 0 Å². The molecule has 1 aromatic heterocycles. The summed E-state index contributed by atoms with van der Waals surface area (Å²) < 4.78 is 0.945. The van der Waals surface area contributed by atoms with Gasteiger partial charge in [-0.25, -0.2) is 0 Å². The van der Waals surface area contributed by atoms with E-state index >= 15 is 0 Å². The Labute approximate surface area is 147 Å². The van der Waals surface area contributed by atoms with Crippen LogP contribution < -0.4 is 10.6 Å². The molecule has 24 heavy (non-hydrogen) atoms. The smallest absolute Gasteiger partial charge is 0.243 e. The Morgan fingerprint density at radius 3 is 2.67 bits per heavy atom. The van der Waals surface area contributed by atoms with Crippen LogP contribution in [0.3, 0.4) is 0 Å². The Balaban J connectivity index is 1.76. The lowest BCUT2D eigenvalue weighted by molar-refractivity contribution is -0.114. The number of halogens is 1. The maximum atomic E-state index is 12.1. The number of pyridine rings is 1. The topological polar surface area (TPSA) is 77.8 Å². The maximum absolute atomic E-state index is 12.1. The van der Waals surface area contributed by atoms with Crippen molar-refractivity contribution in [2.24, 2.45) is 0 Å². The van der Waals surface area contributed by atoms with Crippen LogP contribution in [0.1, 0.15) is 5.56 Å². The second-order valence-corrected chi connectivity index (χ2v) is 6.00. The van der Waals surface area contributed by atoms with E-state index in [9.17, 15) is 10.1 Å². The molecule has 0 radical (unpaired) electrons. The van der Waals surface area contributed by atoms with Crippen LogP contribution >= 0.6 is 15.9 Å². The molecule has 3 rings (SSSR count). The van der Waals surface area contributed by atoms with Gasteiger partial charge in [0.05, 0.1) is 23.3 Å². The van der Waals surface area contributed by atoms with E-state index in [0.29, 0.717) is 16.9 Å². The van der Waals surface area contributed by atoms with Crippen LogP contribution in [0.4, 0.5) is 11.4 Å². The van der Waals surface area contributed by atoms with E-state index in [1.807, 2.05) is 48.5 Å². The molecule has 2 aromatic carbocycles. The van der Waals surface area contributed by atoms with Crippen molar-refractivity contribution in [1.82, 2.24) is 4.98 Å². The maximum Gasteiger partial charge on any atom is 0.243 e. The molecule has 0 saturated carbocycles. The lowest BCUT2D eigenvalue weighted by Gasteiger charge is -2.11. The van der Waals surface area contributed by atoms with Gasteiger partial charge < -0.3 is 10.6 Å². The Hall–Kier alpha value is -2.91. The minimum atomic E-state index is -0.192. The van der Waals surface area contributed by atoms with Crippen LogP contribution in [0.2, 0.25) is 0 Å². The molecule has 1 heterocycles. The van der Waals surface area contributed by atoms with Crippen molar-refractivity contribution >= 4 is 44.1 Å². The van der Waals surface area contributed by atoms with Crippen LogP contribution in [-0.4, -0.2) is 17.4 Å². The van der Waals surface area contributed by atoms with Crippen molar-refractivity contribution in [2.45, 2.75) is 0 Å². The molecular weight excluding hydrogens is 368 g/mol. The lowest BCUT2D eigenvalue weighted by Crippen LogP contribution is -2.22. The van der Waals surface area contributed by atoms with Gasteiger partial charge in [-0.05, 0) is 30.3 Å². The van der Waals surface area contributed by atoms with Gasteiger partial charge in [0.2, 0.25) is 5.91 Å². The largest absolute Gasteiger partial charge is 0.374 e. The van der Waals surface area contributed by atoms with E-state index < -0.39 is 0 Å². The van der Waals surface area contributed by atoms with E-state index in [1.165, 1.54) is 6.20 Å². The molecule has 0 spiro atoms. The Morgan fingerprint density at radius 1 is 1.17 bits per heavy atom. The molecule has 0 bridgehead atoms. The van der Waals surface area contributed by atoms with Crippen molar-refractivity contribution < 1.29 is 4.79 Å². The second kappa shape index (κ2) is 7.11. The number of nitrogens with zero attached hydrogens (tertiary/aromatic N) is 2. The van der Waals surface area contributed by atoms with Gasteiger partial charge in [0.25, 0.3) is 0 Å². The summed E-state index contributed by atoms with van der Waals surface area (Å²) in [5, 5.41) is 15.9. The quantitative estimate of drug-likeness (QED) is 0.718. The number of amides is 1. The number of hydrogen-bond acceptors (Lipinski definition) is 4. The number of carbonyl (C=O) groups is 1. The third-order valence-electron chi connectivity index (χ3n) is 3.45. The second-order valence-electron chi connectivity index (χ2n) is 5.08. The molecule has 3 aromatic rings. The summed E-state index contributed by atoms with van der Waals surface area (Å²) in [6.45, 7) is 0.0543. The number of carbonyl (C=O) groups excluding carboxylic acids is 1. The number of fused-ring (bicyclic) bond motifs is 1. The fourth-order valence-corrected chi connectivity index (χ4v) is 2.59. The first-order chi connectivity index (χ1) is 11.7. The number of aromatic nitrogens is 1. The Kier molecular flexibility index (Phi) is 4.73. The lowest BCUT2D eigenvalue weighted by atomic mass is 10.1. The highest BCUT2D eigenvalue weighted by atomic mass is 79.9. The fraction of sp³-hybridized carbons (Fsp3) is 0.0556. The zero-order valence-corrected chi connectivity index (χ0v) is 14.2. The van der Waals surface area contributed by atoms with Gasteiger partial charge >= 0.3 is 0 Å². The molecule has 0 unspecified atom stereocenters. The van der Waals surface area contributed by atoms with Crippen LogP contribution in [-0.2, 0) is 4.79 Å².